The minimum absolute atomic E-state index is 0.0658. The van der Waals surface area contributed by atoms with Crippen LogP contribution in [0.25, 0.3) is 0 Å². The molecule has 3 unspecified atom stereocenters. The number of rotatable bonds is 11. The van der Waals surface area contributed by atoms with Crippen molar-refractivity contribution < 1.29 is 15.3 Å². The topological polar surface area (TPSA) is 60.7 Å². The van der Waals surface area contributed by atoms with Gasteiger partial charge in [0, 0.05) is 6.61 Å². The van der Waals surface area contributed by atoms with Crippen LogP contribution in [0.1, 0.15) is 108 Å². The maximum absolute atomic E-state index is 10.9. The van der Waals surface area contributed by atoms with Crippen molar-refractivity contribution in [1.82, 2.24) is 0 Å². The van der Waals surface area contributed by atoms with Crippen LogP contribution >= 0.6 is 0 Å². The van der Waals surface area contributed by atoms with E-state index in [1.54, 1.807) is 0 Å². The standard InChI is InChI=1S/C25H42O3/c1-4-5-6-8-15-25(2,3)20-12-14-22(24(28)17-20)23-18-21(27)13-11-19(23)10-7-9-16-26/h12,14,17,19,21,23,26-28H,4-11,13,15-16,18H2,1-3H3. The van der Waals surface area contributed by atoms with Crippen molar-refractivity contribution in [1.29, 1.82) is 0 Å². The van der Waals surface area contributed by atoms with Crippen LogP contribution < -0.4 is 0 Å². The van der Waals surface area contributed by atoms with E-state index in [2.05, 4.69) is 32.9 Å². The Morgan fingerprint density at radius 1 is 1.04 bits per heavy atom. The van der Waals surface area contributed by atoms with Gasteiger partial charge in [0.25, 0.3) is 0 Å². The molecule has 160 valence electrons. The Bertz CT molecular complexity index is 581. The Balaban J connectivity index is 2.11. The van der Waals surface area contributed by atoms with Gasteiger partial charge in [0.2, 0.25) is 0 Å². The van der Waals surface area contributed by atoms with Gasteiger partial charge in [-0.25, -0.2) is 0 Å². The minimum atomic E-state index is -0.270. The van der Waals surface area contributed by atoms with Gasteiger partial charge in [-0.2, -0.15) is 0 Å². The molecule has 3 atom stereocenters. The number of phenolic OH excluding ortho intramolecular Hbond substituents is 1. The molecule has 1 fully saturated rings. The Kier molecular flexibility index (Phi) is 9.30. The molecule has 0 heterocycles. The van der Waals surface area contributed by atoms with Crippen LogP contribution in [0.4, 0.5) is 0 Å². The van der Waals surface area contributed by atoms with Gasteiger partial charge in [0.05, 0.1) is 6.10 Å². The van der Waals surface area contributed by atoms with Gasteiger partial charge in [0.1, 0.15) is 5.75 Å². The highest BCUT2D eigenvalue weighted by Gasteiger charge is 2.32. The van der Waals surface area contributed by atoms with E-state index in [0.717, 1.165) is 50.5 Å². The van der Waals surface area contributed by atoms with Crippen LogP contribution in [-0.4, -0.2) is 28.0 Å². The third-order valence-electron chi connectivity index (χ3n) is 6.82. The highest BCUT2D eigenvalue weighted by atomic mass is 16.3. The predicted molar refractivity (Wildman–Crippen MR) is 117 cm³/mol. The molecule has 1 aliphatic carbocycles. The Hall–Kier alpha value is -1.06. The van der Waals surface area contributed by atoms with Crippen molar-refractivity contribution in [3.63, 3.8) is 0 Å². The number of aliphatic hydroxyl groups excluding tert-OH is 2. The van der Waals surface area contributed by atoms with Crippen LogP contribution in [0, 0.1) is 5.92 Å². The fourth-order valence-corrected chi connectivity index (χ4v) is 4.87. The second kappa shape index (κ2) is 11.2. The smallest absolute Gasteiger partial charge is 0.119 e. The van der Waals surface area contributed by atoms with E-state index in [1.807, 2.05) is 6.07 Å². The third-order valence-corrected chi connectivity index (χ3v) is 6.82. The van der Waals surface area contributed by atoms with Gasteiger partial charge in [-0.15, -0.1) is 0 Å². The lowest BCUT2D eigenvalue weighted by Crippen LogP contribution is -2.27. The number of unbranched alkanes of at least 4 members (excludes halogenated alkanes) is 4. The number of hydrogen-bond donors (Lipinski definition) is 3. The number of benzene rings is 1. The maximum atomic E-state index is 10.9. The molecule has 3 N–H and O–H groups in total. The summed E-state index contributed by atoms with van der Waals surface area (Å²) in [5.41, 5.74) is 2.27. The first-order valence-corrected chi connectivity index (χ1v) is 11.5. The molecule has 0 amide bonds. The van der Waals surface area contributed by atoms with Crippen LogP contribution in [0.2, 0.25) is 0 Å². The molecule has 0 spiro atoms. The summed E-state index contributed by atoms with van der Waals surface area (Å²) < 4.78 is 0. The summed E-state index contributed by atoms with van der Waals surface area (Å²) in [5, 5.41) is 30.2. The summed E-state index contributed by atoms with van der Waals surface area (Å²) in [6.45, 7) is 7.03. The molecule has 1 aromatic rings. The summed E-state index contributed by atoms with van der Waals surface area (Å²) in [7, 11) is 0. The molecule has 0 aromatic heterocycles. The summed E-state index contributed by atoms with van der Waals surface area (Å²) in [4.78, 5) is 0. The summed E-state index contributed by atoms with van der Waals surface area (Å²) in [6.07, 6.45) is 11.4. The van der Waals surface area contributed by atoms with Crippen LogP contribution in [-0.2, 0) is 5.41 Å². The van der Waals surface area contributed by atoms with Crippen molar-refractivity contribution in [2.75, 3.05) is 6.61 Å². The van der Waals surface area contributed by atoms with Crippen molar-refractivity contribution >= 4 is 0 Å². The first kappa shape index (κ1) is 23.2. The van der Waals surface area contributed by atoms with E-state index in [4.69, 9.17) is 5.11 Å². The summed E-state index contributed by atoms with van der Waals surface area (Å²) >= 11 is 0. The predicted octanol–water partition coefficient (Wildman–Crippen LogP) is 6.05. The van der Waals surface area contributed by atoms with E-state index in [-0.39, 0.29) is 24.0 Å². The van der Waals surface area contributed by atoms with Gasteiger partial charge in [-0.3, -0.25) is 0 Å². The van der Waals surface area contributed by atoms with Gasteiger partial charge in [0.15, 0.2) is 0 Å². The lowest BCUT2D eigenvalue weighted by atomic mass is 9.71. The lowest BCUT2D eigenvalue weighted by Gasteiger charge is -2.35. The first-order chi connectivity index (χ1) is 13.4. The third kappa shape index (κ3) is 6.49. The molecule has 0 radical (unpaired) electrons. The fraction of sp³-hybridized carbons (Fsp3) is 0.760. The first-order valence-electron chi connectivity index (χ1n) is 11.5. The summed E-state index contributed by atoms with van der Waals surface area (Å²) in [5.74, 6) is 1.09. The number of hydrogen-bond acceptors (Lipinski definition) is 3. The van der Waals surface area contributed by atoms with Gasteiger partial charge in [-0.05, 0) is 73.0 Å². The fourth-order valence-electron chi connectivity index (χ4n) is 4.87. The Morgan fingerprint density at radius 2 is 1.82 bits per heavy atom. The van der Waals surface area contributed by atoms with E-state index in [1.165, 1.54) is 31.2 Å². The Morgan fingerprint density at radius 3 is 2.50 bits per heavy atom. The van der Waals surface area contributed by atoms with Crippen molar-refractivity contribution in [2.24, 2.45) is 5.92 Å². The molecule has 0 saturated heterocycles. The van der Waals surface area contributed by atoms with Gasteiger partial charge >= 0.3 is 0 Å². The maximum Gasteiger partial charge on any atom is 0.119 e. The molecular formula is C25H42O3. The minimum Gasteiger partial charge on any atom is -0.508 e. The quantitative estimate of drug-likeness (QED) is 0.403. The number of aliphatic hydroxyl groups is 2. The second-order valence-corrected chi connectivity index (χ2v) is 9.52. The van der Waals surface area contributed by atoms with Crippen LogP contribution in [0.3, 0.4) is 0 Å². The van der Waals surface area contributed by atoms with E-state index < -0.39 is 0 Å². The van der Waals surface area contributed by atoms with Gasteiger partial charge < -0.3 is 15.3 Å². The Labute approximate surface area is 172 Å². The molecule has 0 aliphatic heterocycles. The molecule has 0 bridgehead atoms. The summed E-state index contributed by atoms with van der Waals surface area (Å²) in [6, 6.07) is 6.28. The lowest BCUT2D eigenvalue weighted by molar-refractivity contribution is 0.0890. The number of aromatic hydroxyl groups is 1. The van der Waals surface area contributed by atoms with Crippen molar-refractivity contribution in [2.45, 2.75) is 109 Å². The van der Waals surface area contributed by atoms with Crippen molar-refractivity contribution in [3.05, 3.63) is 29.3 Å². The molecule has 1 aliphatic rings. The normalized spacial score (nSPS) is 23.1. The molecule has 3 nitrogen and oxygen atoms in total. The van der Waals surface area contributed by atoms with Crippen LogP contribution in [0.15, 0.2) is 18.2 Å². The zero-order valence-electron chi connectivity index (χ0n) is 18.3. The van der Waals surface area contributed by atoms with E-state index >= 15 is 0 Å². The molecule has 1 aromatic carbocycles. The molecule has 2 rings (SSSR count). The van der Waals surface area contributed by atoms with E-state index in [9.17, 15) is 10.2 Å². The van der Waals surface area contributed by atoms with Crippen LogP contribution in [0.5, 0.6) is 5.75 Å². The second-order valence-electron chi connectivity index (χ2n) is 9.52. The SMILES string of the molecule is CCCCCCC(C)(C)c1ccc(C2CC(O)CCC2CCCCO)c(O)c1. The van der Waals surface area contributed by atoms with Gasteiger partial charge in [-0.1, -0.05) is 65.0 Å². The molecule has 1 saturated carbocycles. The molecular weight excluding hydrogens is 348 g/mol. The zero-order valence-corrected chi connectivity index (χ0v) is 18.3. The van der Waals surface area contributed by atoms with E-state index in [0.29, 0.717) is 11.7 Å². The largest absolute Gasteiger partial charge is 0.508 e. The monoisotopic (exact) mass is 390 g/mol. The average molecular weight is 391 g/mol. The molecule has 28 heavy (non-hydrogen) atoms. The number of phenols is 1. The van der Waals surface area contributed by atoms with Crippen molar-refractivity contribution in [3.8, 4) is 5.75 Å². The zero-order chi connectivity index (χ0) is 20.6. The molecule has 3 heteroatoms. The highest BCUT2D eigenvalue weighted by molar-refractivity contribution is 5.42. The average Bonchev–Trinajstić information content (AvgIpc) is 2.66. The highest BCUT2D eigenvalue weighted by Crippen LogP contribution is 2.44.